The molecule has 11 heteroatoms. The predicted octanol–water partition coefficient (Wildman–Crippen LogP) is 0.274. The molecule has 4 rings (SSSR count). The second kappa shape index (κ2) is 7.62. The fourth-order valence-electron chi connectivity index (χ4n) is 4.79. The van der Waals surface area contributed by atoms with Gasteiger partial charge in [0.05, 0.1) is 0 Å². The van der Waals surface area contributed by atoms with Gasteiger partial charge in [0.2, 0.25) is 5.95 Å². The van der Waals surface area contributed by atoms with E-state index in [4.69, 9.17) is 11.5 Å². The van der Waals surface area contributed by atoms with Crippen LogP contribution >= 0.6 is 0 Å². The summed E-state index contributed by atoms with van der Waals surface area (Å²) in [7, 11) is 0. The summed E-state index contributed by atoms with van der Waals surface area (Å²) in [5.41, 5.74) is 11.2. The van der Waals surface area contributed by atoms with Crippen molar-refractivity contribution in [3.8, 4) is 0 Å². The Hall–Kier alpha value is -3.11. The molecule has 5 N–H and O–H groups in total. The molecule has 1 aliphatic carbocycles. The first-order valence-corrected chi connectivity index (χ1v) is 10.4. The highest BCUT2D eigenvalue weighted by Gasteiger charge is 2.51. The van der Waals surface area contributed by atoms with Gasteiger partial charge in [-0.05, 0) is 32.1 Å². The van der Waals surface area contributed by atoms with Crippen LogP contribution in [0, 0.1) is 5.41 Å². The summed E-state index contributed by atoms with van der Waals surface area (Å²) in [5.74, 6) is -0.931. The van der Waals surface area contributed by atoms with Crippen LogP contribution in [0.1, 0.15) is 45.4 Å². The third-order valence-electron chi connectivity index (χ3n) is 6.49. The number of carbonyl (C=O) groups is 3. The molecular formula is C19H28N8O3. The lowest BCUT2D eigenvalue weighted by Crippen LogP contribution is -2.63. The van der Waals surface area contributed by atoms with Crippen LogP contribution in [-0.2, 0) is 9.59 Å². The highest BCUT2D eigenvalue weighted by Crippen LogP contribution is 2.46. The van der Waals surface area contributed by atoms with Crippen LogP contribution in [0.15, 0.2) is 17.7 Å². The van der Waals surface area contributed by atoms with Gasteiger partial charge >= 0.3 is 6.03 Å². The number of nitrogens with one attached hydrogen (secondary N) is 1. The molecule has 1 saturated carbocycles. The first kappa shape index (κ1) is 20.2. The molecule has 30 heavy (non-hydrogen) atoms. The highest BCUT2D eigenvalue weighted by atomic mass is 16.2. The Morgan fingerprint density at radius 1 is 1.20 bits per heavy atom. The molecule has 0 radical (unpaired) electrons. The molecule has 1 aromatic heterocycles. The summed E-state index contributed by atoms with van der Waals surface area (Å²) in [5, 5.41) is 7.86. The van der Waals surface area contributed by atoms with Crippen molar-refractivity contribution < 1.29 is 14.4 Å². The van der Waals surface area contributed by atoms with Gasteiger partial charge in [-0.15, -0.1) is 10.2 Å². The van der Waals surface area contributed by atoms with Gasteiger partial charge < -0.3 is 21.4 Å². The largest absolute Gasteiger partial charge is 0.385 e. The Bertz CT molecular complexity index is 860. The second-order valence-electron chi connectivity index (χ2n) is 8.50. The minimum Gasteiger partial charge on any atom is -0.385 e. The maximum Gasteiger partial charge on any atom is 0.334 e. The number of H-pyrrole nitrogens is 1. The first-order valence-electron chi connectivity index (χ1n) is 10.4. The van der Waals surface area contributed by atoms with Gasteiger partial charge in [-0.25, -0.2) is 4.79 Å². The number of hydrogen-bond acceptors (Lipinski definition) is 8. The van der Waals surface area contributed by atoms with E-state index < -0.39 is 17.8 Å². The van der Waals surface area contributed by atoms with E-state index in [9.17, 15) is 14.4 Å². The first-order chi connectivity index (χ1) is 14.4. The van der Waals surface area contributed by atoms with Crippen LogP contribution in [0.2, 0.25) is 0 Å². The normalized spacial score (nSPS) is 22.1. The van der Waals surface area contributed by atoms with E-state index >= 15 is 0 Å². The predicted molar refractivity (Wildman–Crippen MR) is 108 cm³/mol. The molecule has 0 bridgehead atoms. The van der Waals surface area contributed by atoms with Gasteiger partial charge in [0.25, 0.3) is 11.8 Å². The molecule has 0 unspecified atom stereocenters. The molecule has 3 fully saturated rings. The van der Waals surface area contributed by atoms with Crippen molar-refractivity contribution in [3.05, 3.63) is 17.7 Å². The number of unbranched alkanes of at least 4 members (excludes halogenated alkanes) is 1. The van der Waals surface area contributed by atoms with Crippen LogP contribution in [-0.4, -0.2) is 68.5 Å². The zero-order valence-corrected chi connectivity index (χ0v) is 17.1. The fraction of sp³-hybridized carbons (Fsp3) is 0.632. The van der Waals surface area contributed by atoms with Crippen LogP contribution in [0.25, 0.3) is 0 Å². The van der Waals surface area contributed by atoms with Gasteiger partial charge in [-0.3, -0.25) is 19.4 Å². The third kappa shape index (κ3) is 3.27. The summed E-state index contributed by atoms with van der Waals surface area (Å²) in [6.45, 7) is 3.96. The average molecular weight is 416 g/mol. The van der Waals surface area contributed by atoms with Gasteiger partial charge in [0.15, 0.2) is 0 Å². The zero-order chi connectivity index (χ0) is 21.5. The van der Waals surface area contributed by atoms with Crippen molar-refractivity contribution in [1.82, 2.24) is 25.0 Å². The molecule has 0 aromatic carbocycles. The third-order valence-corrected chi connectivity index (χ3v) is 6.49. The number of hydrogen-bond donors (Lipinski definition) is 3. The number of barbiturate groups is 1. The number of aromatic nitrogens is 3. The number of amides is 4. The smallest absolute Gasteiger partial charge is 0.334 e. The van der Waals surface area contributed by atoms with Crippen molar-refractivity contribution in [2.24, 2.45) is 16.9 Å². The van der Waals surface area contributed by atoms with E-state index in [1.807, 2.05) is 6.92 Å². The van der Waals surface area contributed by atoms with E-state index in [1.165, 1.54) is 4.90 Å². The summed E-state index contributed by atoms with van der Waals surface area (Å²) >= 11 is 0. The number of nitrogens with two attached hydrogens (primary N) is 2. The fourth-order valence-corrected chi connectivity index (χ4v) is 4.79. The molecule has 162 valence electrons. The number of carbonyl (C=O) groups excluding carboxylic acids is 3. The molecule has 3 aliphatic rings. The van der Waals surface area contributed by atoms with Crippen molar-refractivity contribution >= 4 is 23.8 Å². The summed E-state index contributed by atoms with van der Waals surface area (Å²) in [6.07, 6.45) is 6.19. The lowest BCUT2D eigenvalue weighted by atomic mass is 9.67. The Labute approximate surface area is 174 Å². The summed E-state index contributed by atoms with van der Waals surface area (Å²) in [4.78, 5) is 46.2. The standard InChI is InChI=1S/C19H28N8O3/c1-2-3-8-26-15(28)13(14(20)21)16(29)27(18(26)30)12-4-6-19(7-5-12)9-25(10-19)17-22-11-23-24-17/h11-12H,2-10,20-21H2,1H3,(H,22,23,24). The van der Waals surface area contributed by atoms with Gasteiger partial charge in [-0.2, -0.15) is 0 Å². The minimum absolute atomic E-state index is 0.161. The molecule has 0 atom stereocenters. The molecule has 4 amide bonds. The van der Waals surface area contributed by atoms with Crippen molar-refractivity contribution in [2.45, 2.75) is 51.5 Å². The second-order valence-corrected chi connectivity index (χ2v) is 8.50. The number of anilines is 1. The van der Waals surface area contributed by atoms with Gasteiger partial charge in [-0.1, -0.05) is 13.3 Å². The Kier molecular flexibility index (Phi) is 5.12. The minimum atomic E-state index is -0.691. The topological polar surface area (TPSA) is 155 Å². The number of rotatable bonds is 5. The maximum atomic E-state index is 13.1. The van der Waals surface area contributed by atoms with E-state index in [-0.39, 0.29) is 29.4 Å². The molecule has 1 spiro atoms. The van der Waals surface area contributed by atoms with Gasteiger partial charge in [0.1, 0.15) is 17.7 Å². The highest BCUT2D eigenvalue weighted by molar-refractivity contribution is 6.29. The quantitative estimate of drug-likeness (QED) is 0.456. The van der Waals surface area contributed by atoms with E-state index in [0.717, 1.165) is 43.2 Å². The molecule has 2 aliphatic heterocycles. The summed E-state index contributed by atoms with van der Waals surface area (Å²) in [6, 6.07) is -0.817. The molecular weight excluding hydrogens is 388 g/mol. The van der Waals surface area contributed by atoms with Crippen LogP contribution < -0.4 is 16.4 Å². The number of urea groups is 1. The number of imide groups is 2. The molecule has 3 heterocycles. The summed E-state index contributed by atoms with van der Waals surface area (Å²) < 4.78 is 0. The van der Waals surface area contributed by atoms with E-state index in [1.54, 1.807) is 6.33 Å². The van der Waals surface area contributed by atoms with Crippen LogP contribution in [0.5, 0.6) is 0 Å². The van der Waals surface area contributed by atoms with Crippen molar-refractivity contribution in [1.29, 1.82) is 0 Å². The molecule has 2 saturated heterocycles. The van der Waals surface area contributed by atoms with E-state index in [2.05, 4.69) is 20.1 Å². The molecule has 11 nitrogen and oxygen atoms in total. The van der Waals surface area contributed by atoms with Crippen LogP contribution in [0.4, 0.5) is 10.7 Å². The molecule has 1 aromatic rings. The lowest BCUT2D eigenvalue weighted by molar-refractivity contribution is -0.138. The SMILES string of the molecule is CCCCN1C(=O)C(=C(N)N)C(=O)N(C2CCC3(CC2)CN(c2nnc[nH]2)C3)C1=O. The average Bonchev–Trinajstić information content (AvgIpc) is 3.21. The Morgan fingerprint density at radius 2 is 1.90 bits per heavy atom. The monoisotopic (exact) mass is 416 g/mol. The maximum absolute atomic E-state index is 13.1. The Balaban J connectivity index is 1.46. The van der Waals surface area contributed by atoms with Crippen molar-refractivity contribution in [3.63, 3.8) is 0 Å². The van der Waals surface area contributed by atoms with Crippen LogP contribution in [0.3, 0.4) is 0 Å². The van der Waals surface area contributed by atoms with Crippen molar-refractivity contribution in [2.75, 3.05) is 24.5 Å². The Morgan fingerprint density at radius 3 is 2.47 bits per heavy atom. The number of aromatic amines is 1. The number of nitrogens with zero attached hydrogens (tertiary/aromatic N) is 5. The zero-order valence-electron chi connectivity index (χ0n) is 17.1. The van der Waals surface area contributed by atoms with E-state index in [0.29, 0.717) is 19.3 Å². The lowest BCUT2D eigenvalue weighted by Gasteiger charge is -2.54. The van der Waals surface area contributed by atoms with Gasteiger partial charge in [0, 0.05) is 31.1 Å².